The maximum absolute atomic E-state index is 12.6. The molecule has 2 rings (SSSR count). The Bertz CT molecular complexity index is 872. The zero-order valence-corrected chi connectivity index (χ0v) is 17.8. The molecule has 10 heteroatoms. The first-order valence-electron chi connectivity index (χ1n) is 8.71. The van der Waals surface area contributed by atoms with Gasteiger partial charge in [0.25, 0.3) is 0 Å². The summed E-state index contributed by atoms with van der Waals surface area (Å²) in [5.41, 5.74) is 0.258. The Morgan fingerprint density at radius 3 is 2.04 bits per heavy atom. The number of benzene rings is 1. The molecule has 27 heavy (non-hydrogen) atoms. The number of likely N-dealkylation sites (tertiary alicyclic amines) is 1. The molecular weight excluding hydrogens is 390 g/mol. The van der Waals surface area contributed by atoms with E-state index in [9.17, 15) is 21.6 Å². The van der Waals surface area contributed by atoms with Gasteiger partial charge in [0.1, 0.15) is 6.54 Å². The fourth-order valence-electron chi connectivity index (χ4n) is 2.88. The summed E-state index contributed by atoms with van der Waals surface area (Å²) in [6, 6.07) is 5.50. The average molecular weight is 418 g/mol. The Morgan fingerprint density at radius 1 is 1.07 bits per heavy atom. The van der Waals surface area contributed by atoms with Gasteiger partial charge in [0.05, 0.1) is 16.8 Å². The number of sulfonamides is 2. The predicted molar refractivity (Wildman–Crippen MR) is 104 cm³/mol. The molecule has 1 aliphatic heterocycles. The highest BCUT2D eigenvalue weighted by molar-refractivity contribution is 7.92. The molecule has 0 aromatic heterocycles. The lowest BCUT2D eigenvalue weighted by Crippen LogP contribution is -2.45. The zero-order chi connectivity index (χ0) is 20.4. The van der Waals surface area contributed by atoms with Crippen molar-refractivity contribution in [3.63, 3.8) is 0 Å². The lowest BCUT2D eigenvalue weighted by molar-refractivity contribution is -0.130. The Balaban J connectivity index is 2.23. The highest BCUT2D eigenvalue weighted by atomic mass is 32.2. The van der Waals surface area contributed by atoms with Gasteiger partial charge in [-0.1, -0.05) is 6.92 Å². The summed E-state index contributed by atoms with van der Waals surface area (Å²) < 4.78 is 50.8. The van der Waals surface area contributed by atoms with Gasteiger partial charge in [-0.3, -0.25) is 9.10 Å². The van der Waals surface area contributed by atoms with Crippen molar-refractivity contribution in [2.24, 2.45) is 5.92 Å². The molecule has 1 aromatic rings. The van der Waals surface area contributed by atoms with E-state index in [4.69, 9.17) is 0 Å². The lowest BCUT2D eigenvalue weighted by Gasteiger charge is -2.32. The topological polar surface area (TPSA) is 95.1 Å². The van der Waals surface area contributed by atoms with Crippen LogP contribution in [0.4, 0.5) is 5.69 Å². The first kappa shape index (κ1) is 21.6. The van der Waals surface area contributed by atoms with Gasteiger partial charge >= 0.3 is 0 Å². The van der Waals surface area contributed by atoms with Crippen LogP contribution in [-0.2, 0) is 24.8 Å². The van der Waals surface area contributed by atoms with Crippen LogP contribution < -0.4 is 4.31 Å². The molecule has 1 aromatic carbocycles. The summed E-state index contributed by atoms with van der Waals surface area (Å²) in [5, 5.41) is 0. The van der Waals surface area contributed by atoms with Gasteiger partial charge in [-0.25, -0.2) is 21.1 Å². The van der Waals surface area contributed by atoms with Gasteiger partial charge in [-0.15, -0.1) is 0 Å². The Hall–Kier alpha value is -1.65. The van der Waals surface area contributed by atoms with E-state index >= 15 is 0 Å². The quantitative estimate of drug-likeness (QED) is 0.687. The number of piperidine rings is 1. The third-order valence-corrected chi connectivity index (χ3v) is 7.69. The minimum Gasteiger partial charge on any atom is -0.341 e. The summed E-state index contributed by atoms with van der Waals surface area (Å²) in [7, 11) is -4.47. The van der Waals surface area contributed by atoms with Crippen molar-refractivity contribution >= 4 is 31.6 Å². The Labute approximate surface area is 161 Å². The van der Waals surface area contributed by atoms with E-state index in [0.717, 1.165) is 27.7 Å². The first-order valence-corrected chi connectivity index (χ1v) is 12.0. The zero-order valence-electron chi connectivity index (χ0n) is 16.1. The minimum atomic E-state index is -3.70. The van der Waals surface area contributed by atoms with Gasteiger partial charge in [-0.2, -0.15) is 0 Å². The summed E-state index contributed by atoms with van der Waals surface area (Å²) in [6.07, 6.45) is 2.84. The second kappa shape index (κ2) is 8.15. The van der Waals surface area contributed by atoms with Crippen LogP contribution in [-0.4, -0.2) is 71.9 Å². The molecule has 0 saturated carbocycles. The molecule has 1 fully saturated rings. The Morgan fingerprint density at radius 2 is 1.59 bits per heavy atom. The molecule has 0 spiro atoms. The van der Waals surface area contributed by atoms with E-state index in [2.05, 4.69) is 6.92 Å². The van der Waals surface area contributed by atoms with E-state index in [1.165, 1.54) is 38.4 Å². The highest BCUT2D eigenvalue weighted by Crippen LogP contribution is 2.23. The Kier molecular flexibility index (Phi) is 6.54. The van der Waals surface area contributed by atoms with Crippen LogP contribution in [0.2, 0.25) is 0 Å². The van der Waals surface area contributed by atoms with Crippen LogP contribution >= 0.6 is 0 Å². The van der Waals surface area contributed by atoms with Crippen LogP contribution in [0.25, 0.3) is 0 Å². The summed E-state index contributed by atoms with van der Waals surface area (Å²) in [6.45, 7) is 3.08. The molecule has 1 aliphatic rings. The molecule has 0 atom stereocenters. The SMILES string of the molecule is CC1CCN(C(=O)CN(c2ccc(S(=O)(=O)N(C)C)cc2)S(C)(=O)=O)CC1. The van der Waals surface area contributed by atoms with Crippen LogP contribution in [0.5, 0.6) is 0 Å². The molecule has 0 aliphatic carbocycles. The molecule has 1 heterocycles. The molecule has 8 nitrogen and oxygen atoms in total. The van der Waals surface area contributed by atoms with Gasteiger partial charge < -0.3 is 4.90 Å². The fourth-order valence-corrected chi connectivity index (χ4v) is 4.63. The lowest BCUT2D eigenvalue weighted by atomic mass is 9.99. The standard InChI is InChI=1S/C17H27N3O5S2/c1-14-9-11-19(12-10-14)17(21)13-20(26(4,22)23)15-5-7-16(8-6-15)27(24,25)18(2)3/h5-8,14H,9-13H2,1-4H3. The monoisotopic (exact) mass is 417 g/mol. The van der Waals surface area contributed by atoms with E-state index in [1.807, 2.05) is 0 Å². The van der Waals surface area contributed by atoms with Crippen molar-refractivity contribution in [2.75, 3.05) is 44.3 Å². The summed E-state index contributed by atoms with van der Waals surface area (Å²) in [5.74, 6) is 0.309. The number of anilines is 1. The second-order valence-corrected chi connectivity index (χ2v) is 11.2. The van der Waals surface area contributed by atoms with Crippen molar-refractivity contribution in [1.29, 1.82) is 0 Å². The minimum absolute atomic E-state index is 0.0565. The highest BCUT2D eigenvalue weighted by Gasteiger charge is 2.27. The molecule has 152 valence electrons. The van der Waals surface area contributed by atoms with Gasteiger partial charge in [0.15, 0.2) is 0 Å². The molecule has 1 saturated heterocycles. The number of carbonyl (C=O) groups excluding carboxylic acids is 1. The third kappa shape index (κ3) is 5.20. The van der Waals surface area contributed by atoms with Crippen molar-refractivity contribution in [3.05, 3.63) is 24.3 Å². The summed E-state index contributed by atoms with van der Waals surface area (Å²) in [4.78, 5) is 14.3. The van der Waals surface area contributed by atoms with Crippen LogP contribution in [0.15, 0.2) is 29.2 Å². The maximum Gasteiger partial charge on any atom is 0.243 e. The van der Waals surface area contributed by atoms with Crippen molar-refractivity contribution < 1.29 is 21.6 Å². The maximum atomic E-state index is 12.6. The molecule has 0 bridgehead atoms. The van der Waals surface area contributed by atoms with E-state index in [-0.39, 0.29) is 23.0 Å². The number of nitrogens with zero attached hydrogens (tertiary/aromatic N) is 3. The van der Waals surface area contributed by atoms with Gasteiger partial charge in [0.2, 0.25) is 26.0 Å². The number of amides is 1. The van der Waals surface area contributed by atoms with E-state index in [1.54, 1.807) is 4.90 Å². The van der Waals surface area contributed by atoms with Crippen molar-refractivity contribution in [1.82, 2.24) is 9.21 Å². The fraction of sp³-hybridized carbons (Fsp3) is 0.588. The average Bonchev–Trinajstić information content (AvgIpc) is 2.59. The normalized spacial score (nSPS) is 16.6. The van der Waals surface area contributed by atoms with Crippen LogP contribution in [0.1, 0.15) is 19.8 Å². The number of rotatable bonds is 6. The van der Waals surface area contributed by atoms with Crippen LogP contribution in [0.3, 0.4) is 0 Å². The third-order valence-electron chi connectivity index (χ3n) is 4.72. The second-order valence-electron chi connectivity index (χ2n) is 7.11. The molecule has 0 unspecified atom stereocenters. The number of carbonyl (C=O) groups is 1. The van der Waals surface area contributed by atoms with E-state index in [0.29, 0.717) is 19.0 Å². The van der Waals surface area contributed by atoms with Crippen LogP contribution in [0, 0.1) is 5.92 Å². The van der Waals surface area contributed by atoms with Gasteiger partial charge in [-0.05, 0) is 43.0 Å². The first-order chi connectivity index (χ1) is 12.4. The molecular formula is C17H27N3O5S2. The summed E-state index contributed by atoms with van der Waals surface area (Å²) >= 11 is 0. The predicted octanol–water partition coefficient (Wildman–Crippen LogP) is 0.961. The van der Waals surface area contributed by atoms with E-state index < -0.39 is 20.0 Å². The van der Waals surface area contributed by atoms with Gasteiger partial charge in [0, 0.05) is 27.2 Å². The van der Waals surface area contributed by atoms with Crippen molar-refractivity contribution in [3.8, 4) is 0 Å². The molecule has 0 radical (unpaired) electrons. The largest absolute Gasteiger partial charge is 0.341 e. The molecule has 1 amide bonds. The number of hydrogen-bond acceptors (Lipinski definition) is 5. The smallest absolute Gasteiger partial charge is 0.243 e. The van der Waals surface area contributed by atoms with Crippen molar-refractivity contribution in [2.45, 2.75) is 24.7 Å². The molecule has 0 N–H and O–H groups in total. The number of hydrogen-bond donors (Lipinski definition) is 0.